The Hall–Kier alpha value is -2.02. The van der Waals surface area contributed by atoms with E-state index < -0.39 is 0 Å². The molecule has 0 radical (unpaired) electrons. The molecule has 1 aromatic carbocycles. The number of aromatic nitrogens is 3. The summed E-state index contributed by atoms with van der Waals surface area (Å²) < 4.78 is 7.60. The van der Waals surface area contributed by atoms with E-state index in [0.717, 1.165) is 28.7 Å². The summed E-state index contributed by atoms with van der Waals surface area (Å²) in [6.07, 6.45) is 4.82. The van der Waals surface area contributed by atoms with Gasteiger partial charge in [-0.05, 0) is 70.7 Å². The van der Waals surface area contributed by atoms with Gasteiger partial charge in [0.15, 0.2) is 11.0 Å². The predicted molar refractivity (Wildman–Crippen MR) is 127 cm³/mol. The Labute approximate surface area is 190 Å². The molecule has 0 spiro atoms. The molecule has 7 heteroatoms. The van der Waals surface area contributed by atoms with E-state index >= 15 is 0 Å². The third-order valence-corrected chi connectivity index (χ3v) is 7.06. The van der Waals surface area contributed by atoms with E-state index in [9.17, 15) is 4.79 Å². The van der Waals surface area contributed by atoms with Crippen LogP contribution in [0.5, 0.6) is 5.75 Å². The van der Waals surface area contributed by atoms with Gasteiger partial charge >= 0.3 is 0 Å². The number of thioether (sulfide) groups is 1. The van der Waals surface area contributed by atoms with E-state index in [-0.39, 0.29) is 18.0 Å². The Morgan fingerprint density at radius 1 is 1.13 bits per heavy atom. The Morgan fingerprint density at radius 3 is 2.35 bits per heavy atom. The molecule has 31 heavy (non-hydrogen) atoms. The van der Waals surface area contributed by atoms with Gasteiger partial charge in [0.05, 0.1) is 12.9 Å². The summed E-state index contributed by atoms with van der Waals surface area (Å²) in [4.78, 5) is 14.9. The second-order valence-electron chi connectivity index (χ2n) is 9.01. The van der Waals surface area contributed by atoms with Crippen molar-refractivity contribution in [2.24, 2.45) is 5.92 Å². The number of hydrogen-bond acceptors (Lipinski definition) is 5. The van der Waals surface area contributed by atoms with Crippen LogP contribution in [0.3, 0.4) is 0 Å². The van der Waals surface area contributed by atoms with E-state index in [1.54, 1.807) is 7.11 Å². The van der Waals surface area contributed by atoms with E-state index in [4.69, 9.17) is 4.74 Å². The third-order valence-electron chi connectivity index (χ3n) is 6.14. The Balaban J connectivity index is 1.90. The summed E-state index contributed by atoms with van der Waals surface area (Å²) in [5, 5.41) is 9.95. The lowest BCUT2D eigenvalue weighted by Crippen LogP contribution is -2.43. The van der Waals surface area contributed by atoms with Gasteiger partial charge in [0, 0.05) is 23.7 Å². The van der Waals surface area contributed by atoms with Crippen molar-refractivity contribution in [1.82, 2.24) is 19.7 Å². The summed E-state index contributed by atoms with van der Waals surface area (Å²) in [6, 6.07) is 8.69. The molecule has 1 saturated carbocycles. The number of hydrogen-bond donors (Lipinski definition) is 0. The molecule has 170 valence electrons. The van der Waals surface area contributed by atoms with Crippen LogP contribution in [0, 0.1) is 5.92 Å². The van der Waals surface area contributed by atoms with Gasteiger partial charge in [-0.25, -0.2) is 0 Å². The molecule has 2 atom stereocenters. The van der Waals surface area contributed by atoms with Gasteiger partial charge in [-0.2, -0.15) is 0 Å². The Kier molecular flexibility index (Phi) is 8.03. The van der Waals surface area contributed by atoms with Crippen molar-refractivity contribution >= 4 is 17.7 Å². The number of rotatable bonds is 8. The molecule has 0 bridgehead atoms. The van der Waals surface area contributed by atoms with Crippen LogP contribution >= 0.6 is 11.8 Å². The van der Waals surface area contributed by atoms with Crippen molar-refractivity contribution in [3.8, 4) is 17.1 Å². The van der Waals surface area contributed by atoms with E-state index in [0.29, 0.717) is 17.7 Å². The molecule has 1 fully saturated rings. The largest absolute Gasteiger partial charge is 0.497 e. The van der Waals surface area contributed by atoms with Crippen molar-refractivity contribution in [1.29, 1.82) is 0 Å². The smallest absolute Gasteiger partial charge is 0.233 e. The lowest BCUT2D eigenvalue weighted by molar-refractivity contribution is -0.131. The van der Waals surface area contributed by atoms with Crippen LogP contribution in [0.15, 0.2) is 29.4 Å². The molecule has 3 rings (SSSR count). The highest BCUT2D eigenvalue weighted by Gasteiger charge is 2.29. The molecule has 0 unspecified atom stereocenters. The highest BCUT2D eigenvalue weighted by molar-refractivity contribution is 7.99. The van der Waals surface area contributed by atoms with Crippen LogP contribution in [0.25, 0.3) is 11.4 Å². The number of methoxy groups -OCH3 is 1. The molecule has 0 saturated heterocycles. The average Bonchev–Trinajstić information content (AvgIpc) is 3.15. The van der Waals surface area contributed by atoms with Crippen LogP contribution < -0.4 is 4.74 Å². The summed E-state index contributed by atoms with van der Waals surface area (Å²) in [5.41, 5.74) is 1.02. The number of carbonyl (C=O) groups excluding carboxylic acids is 1. The first kappa shape index (κ1) is 23.6. The quantitative estimate of drug-likeness (QED) is 0.507. The zero-order valence-corrected chi connectivity index (χ0v) is 20.5. The lowest BCUT2D eigenvalue weighted by Gasteiger charge is -2.32. The van der Waals surface area contributed by atoms with Gasteiger partial charge < -0.3 is 9.64 Å². The average molecular weight is 445 g/mol. The number of ether oxygens (including phenoxy) is 1. The van der Waals surface area contributed by atoms with Gasteiger partial charge in [0.2, 0.25) is 5.91 Å². The van der Waals surface area contributed by atoms with Crippen molar-refractivity contribution in [2.45, 2.75) is 83.6 Å². The fourth-order valence-corrected chi connectivity index (χ4v) is 5.53. The number of carbonyl (C=O) groups is 1. The monoisotopic (exact) mass is 444 g/mol. The fraction of sp³-hybridized carbons (Fsp3) is 0.625. The number of benzene rings is 1. The minimum atomic E-state index is 0.146. The third kappa shape index (κ3) is 5.43. The van der Waals surface area contributed by atoms with Crippen LogP contribution in [0.4, 0.5) is 0 Å². The van der Waals surface area contributed by atoms with Gasteiger partial charge in [0.1, 0.15) is 5.75 Å². The molecule has 1 amide bonds. The van der Waals surface area contributed by atoms with Crippen molar-refractivity contribution in [3.63, 3.8) is 0 Å². The fourth-order valence-electron chi connectivity index (χ4n) is 4.66. The van der Waals surface area contributed by atoms with E-state index in [1.807, 2.05) is 29.2 Å². The second-order valence-corrected chi connectivity index (χ2v) is 9.95. The highest BCUT2D eigenvalue weighted by Crippen LogP contribution is 2.39. The molecular weight excluding hydrogens is 408 g/mol. The van der Waals surface area contributed by atoms with Crippen molar-refractivity contribution < 1.29 is 9.53 Å². The highest BCUT2D eigenvalue weighted by atomic mass is 32.2. The SMILES string of the molecule is COc1ccc(-c2nnc(SCC(=O)N(C(C)C)C(C)C)n2[C@@H]2CCCC[C@H]2C)cc1. The molecule has 2 aromatic rings. The van der Waals surface area contributed by atoms with Gasteiger partial charge in [-0.3, -0.25) is 9.36 Å². The van der Waals surface area contributed by atoms with E-state index in [2.05, 4.69) is 49.4 Å². The molecule has 1 aliphatic carbocycles. The number of amides is 1. The number of nitrogens with zero attached hydrogens (tertiary/aromatic N) is 4. The van der Waals surface area contributed by atoms with Crippen LogP contribution in [0.1, 0.15) is 66.3 Å². The first-order valence-corrected chi connectivity index (χ1v) is 12.3. The molecule has 6 nitrogen and oxygen atoms in total. The standard InChI is InChI=1S/C24H36N4O2S/c1-16(2)27(17(3)4)22(29)15-31-24-26-25-23(19-11-13-20(30-6)14-12-19)28(24)21-10-8-7-9-18(21)5/h11-14,16-18,21H,7-10,15H2,1-6H3/t18-,21-/m1/s1. The Morgan fingerprint density at radius 2 is 1.77 bits per heavy atom. The topological polar surface area (TPSA) is 60.3 Å². The van der Waals surface area contributed by atoms with E-state index in [1.165, 1.54) is 31.0 Å². The molecular formula is C24H36N4O2S. The first-order chi connectivity index (χ1) is 14.8. The van der Waals surface area contributed by atoms with Gasteiger partial charge in [0.25, 0.3) is 0 Å². The van der Waals surface area contributed by atoms with Gasteiger partial charge in [-0.1, -0.05) is 31.5 Å². The summed E-state index contributed by atoms with van der Waals surface area (Å²) in [5.74, 6) is 2.77. The molecule has 1 heterocycles. The zero-order chi connectivity index (χ0) is 22.5. The molecule has 0 N–H and O–H groups in total. The van der Waals surface area contributed by atoms with Crippen molar-refractivity contribution in [2.75, 3.05) is 12.9 Å². The molecule has 1 aliphatic rings. The molecule has 1 aromatic heterocycles. The van der Waals surface area contributed by atoms with Crippen molar-refractivity contribution in [3.05, 3.63) is 24.3 Å². The minimum Gasteiger partial charge on any atom is -0.497 e. The Bertz CT molecular complexity index is 855. The summed E-state index contributed by atoms with van der Waals surface area (Å²) in [7, 11) is 1.67. The maximum Gasteiger partial charge on any atom is 0.233 e. The van der Waals surface area contributed by atoms with Crippen LogP contribution in [0.2, 0.25) is 0 Å². The maximum absolute atomic E-state index is 12.9. The maximum atomic E-state index is 12.9. The summed E-state index contributed by atoms with van der Waals surface area (Å²) in [6.45, 7) is 10.6. The van der Waals surface area contributed by atoms with Crippen LogP contribution in [-0.4, -0.2) is 50.5 Å². The normalized spacial score (nSPS) is 19.1. The van der Waals surface area contributed by atoms with Crippen LogP contribution in [-0.2, 0) is 4.79 Å². The lowest BCUT2D eigenvalue weighted by atomic mass is 9.85. The summed E-state index contributed by atoms with van der Waals surface area (Å²) >= 11 is 1.51. The first-order valence-electron chi connectivity index (χ1n) is 11.4. The van der Waals surface area contributed by atoms with Gasteiger partial charge in [-0.15, -0.1) is 10.2 Å². The molecule has 0 aliphatic heterocycles. The second kappa shape index (κ2) is 10.5. The minimum absolute atomic E-state index is 0.146. The predicted octanol–water partition coefficient (Wildman–Crippen LogP) is 5.44. The zero-order valence-electron chi connectivity index (χ0n) is 19.7.